The molecule has 0 saturated heterocycles. The van der Waals surface area contributed by atoms with Crippen LogP contribution in [0.25, 0.3) is 0 Å². The summed E-state index contributed by atoms with van der Waals surface area (Å²) in [7, 11) is 1.86. The number of aliphatic hydroxyl groups is 1. The number of hydrogen-bond donors (Lipinski definition) is 2. The van der Waals surface area contributed by atoms with Crippen LogP contribution in [0.1, 0.15) is 12.0 Å². The molecule has 21 heavy (non-hydrogen) atoms. The predicted molar refractivity (Wildman–Crippen MR) is 84.0 cm³/mol. The first-order chi connectivity index (χ1) is 10.3. The summed E-state index contributed by atoms with van der Waals surface area (Å²) in [5.41, 5.74) is 2.07. The predicted octanol–water partition coefficient (Wildman–Crippen LogP) is 3.07. The third-order valence-electron chi connectivity index (χ3n) is 3.03. The number of anilines is 1. The first kappa shape index (κ1) is 15.2. The zero-order valence-electron chi connectivity index (χ0n) is 12.2. The molecule has 4 nitrogen and oxygen atoms in total. The summed E-state index contributed by atoms with van der Waals surface area (Å²) in [4.78, 5) is 0. The minimum atomic E-state index is 0.117. The molecule has 0 bridgehead atoms. The van der Waals surface area contributed by atoms with Crippen LogP contribution >= 0.6 is 0 Å². The van der Waals surface area contributed by atoms with Crippen LogP contribution in [0.5, 0.6) is 11.5 Å². The summed E-state index contributed by atoms with van der Waals surface area (Å²) in [6.07, 6.45) is 0.599. The maximum Gasteiger partial charge on any atom is 0.163 e. The fourth-order valence-corrected chi connectivity index (χ4v) is 1.88. The monoisotopic (exact) mass is 287 g/mol. The van der Waals surface area contributed by atoms with Crippen molar-refractivity contribution in [1.29, 1.82) is 0 Å². The molecule has 0 radical (unpaired) electrons. The van der Waals surface area contributed by atoms with Crippen molar-refractivity contribution < 1.29 is 14.6 Å². The number of aliphatic hydroxyl groups excluding tert-OH is 1. The number of hydrogen-bond acceptors (Lipinski definition) is 4. The van der Waals surface area contributed by atoms with Gasteiger partial charge in [-0.2, -0.15) is 0 Å². The van der Waals surface area contributed by atoms with Crippen LogP contribution in [-0.4, -0.2) is 25.4 Å². The molecule has 0 unspecified atom stereocenters. The van der Waals surface area contributed by atoms with Gasteiger partial charge in [0, 0.05) is 31.8 Å². The molecule has 112 valence electrons. The molecule has 0 aliphatic carbocycles. The Balaban J connectivity index is 2.05. The fourth-order valence-electron chi connectivity index (χ4n) is 1.88. The zero-order valence-corrected chi connectivity index (χ0v) is 12.2. The first-order valence-electron chi connectivity index (χ1n) is 7.05. The van der Waals surface area contributed by atoms with Crippen molar-refractivity contribution in [3.05, 3.63) is 54.1 Å². The highest BCUT2D eigenvalue weighted by molar-refractivity contribution is 5.54. The zero-order chi connectivity index (χ0) is 14.9. The van der Waals surface area contributed by atoms with Crippen LogP contribution in [0.15, 0.2) is 48.5 Å². The Hall–Kier alpha value is -2.20. The smallest absolute Gasteiger partial charge is 0.163 e. The van der Waals surface area contributed by atoms with Gasteiger partial charge in [-0.3, -0.25) is 0 Å². The van der Waals surface area contributed by atoms with Crippen LogP contribution < -0.4 is 14.8 Å². The van der Waals surface area contributed by atoms with Crippen molar-refractivity contribution in [1.82, 2.24) is 0 Å². The van der Waals surface area contributed by atoms with Crippen molar-refractivity contribution in [2.45, 2.75) is 13.0 Å². The van der Waals surface area contributed by atoms with Gasteiger partial charge in [-0.25, -0.2) is 0 Å². The van der Waals surface area contributed by atoms with E-state index in [1.54, 1.807) is 0 Å². The molecule has 0 aliphatic heterocycles. The summed E-state index contributed by atoms with van der Waals surface area (Å²) < 4.78 is 11.5. The molecule has 4 heteroatoms. The lowest BCUT2D eigenvalue weighted by atomic mass is 10.2. The lowest BCUT2D eigenvalue weighted by molar-refractivity contribution is 0.221. The lowest BCUT2D eigenvalue weighted by Crippen LogP contribution is -2.03. The standard InChI is InChI=1S/C17H21NO3/c1-18-15-8-9-16(17(12-15)20-11-5-10-19)21-13-14-6-3-2-4-7-14/h2-4,6-9,12,18-19H,5,10-11,13H2,1H3. The average molecular weight is 287 g/mol. The highest BCUT2D eigenvalue weighted by atomic mass is 16.5. The van der Waals surface area contributed by atoms with Gasteiger partial charge in [0.2, 0.25) is 0 Å². The third-order valence-corrected chi connectivity index (χ3v) is 3.03. The molecule has 2 aromatic rings. The number of nitrogens with one attached hydrogen (secondary N) is 1. The van der Waals surface area contributed by atoms with E-state index in [-0.39, 0.29) is 6.61 Å². The van der Waals surface area contributed by atoms with Gasteiger partial charge < -0.3 is 19.9 Å². The van der Waals surface area contributed by atoms with Gasteiger partial charge in [0.15, 0.2) is 11.5 Å². The van der Waals surface area contributed by atoms with E-state index >= 15 is 0 Å². The molecule has 2 rings (SSSR count). The average Bonchev–Trinajstić information content (AvgIpc) is 2.54. The second-order valence-electron chi connectivity index (χ2n) is 4.61. The van der Waals surface area contributed by atoms with Gasteiger partial charge >= 0.3 is 0 Å². The Morgan fingerprint density at radius 1 is 1.00 bits per heavy atom. The second kappa shape index (κ2) is 8.17. The van der Waals surface area contributed by atoms with Gasteiger partial charge in [-0.05, 0) is 17.7 Å². The minimum Gasteiger partial charge on any atom is -0.490 e. The van der Waals surface area contributed by atoms with Crippen LogP contribution in [0, 0.1) is 0 Å². The molecular formula is C17H21NO3. The molecule has 0 saturated carbocycles. The molecule has 0 atom stereocenters. The van der Waals surface area contributed by atoms with E-state index in [2.05, 4.69) is 5.32 Å². The van der Waals surface area contributed by atoms with E-state index < -0.39 is 0 Å². The fraction of sp³-hybridized carbons (Fsp3) is 0.294. The maximum atomic E-state index is 8.84. The van der Waals surface area contributed by atoms with E-state index in [9.17, 15) is 0 Å². The molecule has 0 amide bonds. The van der Waals surface area contributed by atoms with Crippen molar-refractivity contribution in [2.75, 3.05) is 25.6 Å². The van der Waals surface area contributed by atoms with E-state index in [0.717, 1.165) is 11.3 Å². The number of benzene rings is 2. The van der Waals surface area contributed by atoms with Gasteiger partial charge in [0.25, 0.3) is 0 Å². The van der Waals surface area contributed by atoms with Crippen LogP contribution in [-0.2, 0) is 6.61 Å². The summed E-state index contributed by atoms with van der Waals surface area (Å²) >= 11 is 0. The lowest BCUT2D eigenvalue weighted by Gasteiger charge is -2.14. The van der Waals surface area contributed by atoms with Crippen molar-refractivity contribution in [3.8, 4) is 11.5 Å². The maximum absolute atomic E-state index is 8.84. The quantitative estimate of drug-likeness (QED) is 0.733. The second-order valence-corrected chi connectivity index (χ2v) is 4.61. The molecule has 2 N–H and O–H groups in total. The van der Waals surface area contributed by atoms with Crippen molar-refractivity contribution in [3.63, 3.8) is 0 Å². The van der Waals surface area contributed by atoms with E-state index in [1.807, 2.05) is 55.6 Å². The molecule has 0 aromatic heterocycles. The SMILES string of the molecule is CNc1ccc(OCc2ccccc2)c(OCCCO)c1. The summed E-state index contributed by atoms with van der Waals surface area (Å²) in [5, 5.41) is 11.9. The molecule has 0 aliphatic rings. The van der Waals surface area contributed by atoms with Gasteiger partial charge in [-0.1, -0.05) is 30.3 Å². The van der Waals surface area contributed by atoms with Crippen LogP contribution in [0.2, 0.25) is 0 Å². The van der Waals surface area contributed by atoms with Crippen molar-refractivity contribution >= 4 is 5.69 Å². The van der Waals surface area contributed by atoms with E-state index in [0.29, 0.717) is 31.1 Å². The Bertz CT molecular complexity index is 543. The van der Waals surface area contributed by atoms with Gasteiger partial charge in [-0.15, -0.1) is 0 Å². The van der Waals surface area contributed by atoms with Crippen molar-refractivity contribution in [2.24, 2.45) is 0 Å². The Morgan fingerprint density at radius 2 is 1.81 bits per heavy atom. The van der Waals surface area contributed by atoms with E-state index in [1.165, 1.54) is 0 Å². The normalized spacial score (nSPS) is 10.2. The third kappa shape index (κ3) is 4.68. The summed E-state index contributed by atoms with van der Waals surface area (Å²) in [5.74, 6) is 1.39. The topological polar surface area (TPSA) is 50.7 Å². The highest BCUT2D eigenvalue weighted by Gasteiger charge is 2.07. The largest absolute Gasteiger partial charge is 0.490 e. The Morgan fingerprint density at radius 3 is 2.52 bits per heavy atom. The number of rotatable bonds is 8. The molecule has 0 heterocycles. The summed E-state index contributed by atoms with van der Waals surface area (Å²) in [6, 6.07) is 15.7. The Labute approximate surface area is 125 Å². The minimum absolute atomic E-state index is 0.117. The molecular weight excluding hydrogens is 266 g/mol. The first-order valence-corrected chi connectivity index (χ1v) is 7.05. The molecule has 0 spiro atoms. The Kier molecular flexibility index (Phi) is 5.91. The summed E-state index contributed by atoms with van der Waals surface area (Å²) in [6.45, 7) is 1.08. The van der Waals surface area contributed by atoms with Crippen LogP contribution in [0.4, 0.5) is 5.69 Å². The molecule has 2 aromatic carbocycles. The van der Waals surface area contributed by atoms with Crippen LogP contribution in [0.3, 0.4) is 0 Å². The van der Waals surface area contributed by atoms with Gasteiger partial charge in [0.05, 0.1) is 6.61 Å². The number of ether oxygens (including phenoxy) is 2. The molecule has 0 fully saturated rings. The van der Waals surface area contributed by atoms with E-state index in [4.69, 9.17) is 14.6 Å². The highest BCUT2D eigenvalue weighted by Crippen LogP contribution is 2.31. The van der Waals surface area contributed by atoms with Gasteiger partial charge in [0.1, 0.15) is 6.61 Å².